The van der Waals surface area contributed by atoms with Crippen molar-refractivity contribution in [3.8, 4) is 11.5 Å². The summed E-state index contributed by atoms with van der Waals surface area (Å²) in [4.78, 5) is 0. The van der Waals surface area contributed by atoms with Gasteiger partial charge >= 0.3 is 0 Å². The van der Waals surface area contributed by atoms with Crippen LogP contribution >= 0.6 is 0 Å². The van der Waals surface area contributed by atoms with Crippen LogP contribution < -0.4 is 14.8 Å². The molecule has 0 aromatic heterocycles. The van der Waals surface area contributed by atoms with Crippen molar-refractivity contribution in [2.75, 3.05) is 27.4 Å². The molecule has 1 unspecified atom stereocenters. The highest BCUT2D eigenvalue weighted by atomic mass is 16.5. The van der Waals surface area contributed by atoms with Gasteiger partial charge in [-0.15, -0.1) is 0 Å². The van der Waals surface area contributed by atoms with Gasteiger partial charge in [0, 0.05) is 0 Å². The van der Waals surface area contributed by atoms with Gasteiger partial charge in [0.25, 0.3) is 0 Å². The van der Waals surface area contributed by atoms with Crippen LogP contribution in [0.1, 0.15) is 5.56 Å². The van der Waals surface area contributed by atoms with Crippen molar-refractivity contribution in [3.05, 3.63) is 23.8 Å². The van der Waals surface area contributed by atoms with Gasteiger partial charge in [-0.2, -0.15) is 0 Å². The van der Waals surface area contributed by atoms with Gasteiger partial charge in [-0.05, 0) is 31.7 Å². The Bertz CT molecular complexity index is 324. The molecule has 1 rings (SSSR count). The quantitative estimate of drug-likeness (QED) is 0.757. The monoisotopic (exact) mass is 225 g/mol. The first-order valence-electron chi connectivity index (χ1n) is 5.26. The van der Waals surface area contributed by atoms with E-state index in [2.05, 4.69) is 5.32 Å². The molecule has 1 aromatic carbocycles. The highest BCUT2D eigenvalue weighted by Gasteiger charge is 2.08. The zero-order chi connectivity index (χ0) is 12.0. The summed E-state index contributed by atoms with van der Waals surface area (Å²) in [5, 5.41) is 12.0. The van der Waals surface area contributed by atoms with Crippen molar-refractivity contribution in [2.24, 2.45) is 0 Å². The minimum absolute atomic E-state index is 0.0463. The molecular weight excluding hydrogens is 206 g/mol. The second kappa shape index (κ2) is 6.35. The highest BCUT2D eigenvalue weighted by Crippen LogP contribution is 2.27. The molecule has 0 spiro atoms. The number of hydrogen-bond donors (Lipinski definition) is 2. The highest BCUT2D eigenvalue weighted by molar-refractivity contribution is 5.42. The van der Waals surface area contributed by atoms with Gasteiger partial charge in [0.2, 0.25) is 0 Å². The lowest BCUT2D eigenvalue weighted by Gasteiger charge is -2.16. The standard InChI is InChI=1S/C12H19NO3/c1-9-4-5-11(12(6-9)15-3)16-8-10(7-14)13-2/h4-6,10,13-14H,7-8H2,1-3H3. The average molecular weight is 225 g/mol. The lowest BCUT2D eigenvalue weighted by Crippen LogP contribution is -2.35. The number of aryl methyl sites for hydroxylation is 1. The van der Waals surface area contributed by atoms with E-state index >= 15 is 0 Å². The van der Waals surface area contributed by atoms with Crippen LogP contribution in [-0.2, 0) is 0 Å². The third-order valence-corrected chi connectivity index (χ3v) is 2.39. The zero-order valence-corrected chi connectivity index (χ0v) is 9.99. The molecule has 1 atom stereocenters. The van der Waals surface area contributed by atoms with Crippen molar-refractivity contribution >= 4 is 0 Å². The number of aliphatic hydroxyl groups excluding tert-OH is 1. The molecule has 0 bridgehead atoms. The SMILES string of the molecule is CNC(CO)COc1ccc(C)cc1OC. The molecule has 0 heterocycles. The molecule has 0 aliphatic rings. The number of methoxy groups -OCH3 is 1. The van der Waals surface area contributed by atoms with Crippen molar-refractivity contribution in [2.45, 2.75) is 13.0 Å². The van der Waals surface area contributed by atoms with Gasteiger partial charge in [-0.1, -0.05) is 6.07 Å². The van der Waals surface area contributed by atoms with Crippen LogP contribution in [0.3, 0.4) is 0 Å². The Labute approximate surface area is 96.2 Å². The fourth-order valence-corrected chi connectivity index (χ4v) is 1.31. The van der Waals surface area contributed by atoms with Gasteiger partial charge in [0.05, 0.1) is 19.8 Å². The normalized spacial score (nSPS) is 12.2. The summed E-state index contributed by atoms with van der Waals surface area (Å²) in [6, 6.07) is 5.69. The molecule has 2 N–H and O–H groups in total. The van der Waals surface area contributed by atoms with Crippen LogP contribution in [0.4, 0.5) is 0 Å². The van der Waals surface area contributed by atoms with Gasteiger partial charge < -0.3 is 19.9 Å². The lowest BCUT2D eigenvalue weighted by atomic mass is 10.2. The Morgan fingerprint density at radius 3 is 2.69 bits per heavy atom. The topological polar surface area (TPSA) is 50.7 Å². The minimum Gasteiger partial charge on any atom is -0.493 e. The van der Waals surface area contributed by atoms with Crippen LogP contribution in [0.25, 0.3) is 0 Å². The summed E-state index contributed by atoms with van der Waals surface area (Å²) in [7, 11) is 3.40. The van der Waals surface area contributed by atoms with Crippen LogP contribution in [0.5, 0.6) is 11.5 Å². The van der Waals surface area contributed by atoms with Crippen molar-refractivity contribution < 1.29 is 14.6 Å². The molecule has 4 heteroatoms. The molecule has 0 saturated carbocycles. The molecule has 16 heavy (non-hydrogen) atoms. The smallest absolute Gasteiger partial charge is 0.161 e. The summed E-state index contributed by atoms with van der Waals surface area (Å²) in [6.07, 6.45) is 0. The molecule has 0 saturated heterocycles. The molecule has 4 nitrogen and oxygen atoms in total. The second-order valence-corrected chi connectivity index (χ2v) is 3.63. The number of nitrogens with one attached hydrogen (secondary N) is 1. The number of rotatable bonds is 6. The summed E-state index contributed by atoms with van der Waals surface area (Å²) in [5.41, 5.74) is 1.12. The molecule has 0 radical (unpaired) electrons. The van der Waals surface area contributed by atoms with E-state index in [4.69, 9.17) is 14.6 Å². The van der Waals surface area contributed by atoms with Gasteiger partial charge in [-0.25, -0.2) is 0 Å². The first-order valence-corrected chi connectivity index (χ1v) is 5.26. The second-order valence-electron chi connectivity index (χ2n) is 3.63. The van der Waals surface area contributed by atoms with E-state index in [9.17, 15) is 0 Å². The third kappa shape index (κ3) is 3.40. The Morgan fingerprint density at radius 2 is 2.12 bits per heavy atom. The van der Waals surface area contributed by atoms with Crippen molar-refractivity contribution in [1.29, 1.82) is 0 Å². The molecule has 0 aliphatic carbocycles. The Balaban J connectivity index is 2.65. The van der Waals surface area contributed by atoms with E-state index in [0.29, 0.717) is 18.1 Å². The molecule has 0 aliphatic heterocycles. The first-order chi connectivity index (χ1) is 7.71. The van der Waals surface area contributed by atoms with Gasteiger partial charge in [0.1, 0.15) is 6.61 Å². The maximum absolute atomic E-state index is 9.00. The summed E-state index contributed by atoms with van der Waals surface area (Å²) in [6.45, 7) is 2.45. The molecule has 0 fully saturated rings. The van der Waals surface area contributed by atoms with Gasteiger partial charge in [-0.3, -0.25) is 0 Å². The molecule has 1 aromatic rings. The maximum atomic E-state index is 9.00. The number of hydrogen-bond acceptors (Lipinski definition) is 4. The first kappa shape index (κ1) is 12.8. The van der Waals surface area contributed by atoms with E-state index in [0.717, 1.165) is 5.56 Å². The third-order valence-electron chi connectivity index (χ3n) is 2.39. The lowest BCUT2D eigenvalue weighted by molar-refractivity contribution is 0.185. The Morgan fingerprint density at radius 1 is 1.38 bits per heavy atom. The predicted octanol–water partition coefficient (Wildman–Crippen LogP) is 0.963. The fourth-order valence-electron chi connectivity index (χ4n) is 1.31. The summed E-state index contributed by atoms with van der Waals surface area (Å²) in [5.74, 6) is 1.41. The van der Waals surface area contributed by atoms with E-state index in [1.807, 2.05) is 25.1 Å². The van der Waals surface area contributed by atoms with Crippen LogP contribution in [0.2, 0.25) is 0 Å². The number of ether oxygens (including phenoxy) is 2. The number of likely N-dealkylation sites (N-methyl/N-ethyl adjacent to an activating group) is 1. The average Bonchev–Trinajstić information content (AvgIpc) is 2.31. The Hall–Kier alpha value is -1.26. The summed E-state index contributed by atoms with van der Waals surface area (Å²) >= 11 is 0. The van der Waals surface area contributed by atoms with E-state index in [1.165, 1.54) is 0 Å². The maximum Gasteiger partial charge on any atom is 0.161 e. The zero-order valence-electron chi connectivity index (χ0n) is 9.99. The van der Waals surface area contributed by atoms with E-state index in [-0.39, 0.29) is 12.6 Å². The fraction of sp³-hybridized carbons (Fsp3) is 0.500. The number of aliphatic hydroxyl groups is 1. The van der Waals surface area contributed by atoms with Crippen LogP contribution in [-0.4, -0.2) is 38.5 Å². The molecule has 90 valence electrons. The van der Waals surface area contributed by atoms with Crippen molar-refractivity contribution in [3.63, 3.8) is 0 Å². The van der Waals surface area contributed by atoms with Crippen molar-refractivity contribution in [1.82, 2.24) is 5.32 Å². The van der Waals surface area contributed by atoms with Crippen LogP contribution in [0.15, 0.2) is 18.2 Å². The summed E-state index contributed by atoms with van der Waals surface area (Å²) < 4.78 is 10.8. The van der Waals surface area contributed by atoms with E-state index < -0.39 is 0 Å². The molecular formula is C12H19NO3. The largest absolute Gasteiger partial charge is 0.493 e. The minimum atomic E-state index is -0.0639. The Kier molecular flexibility index (Phi) is 5.08. The van der Waals surface area contributed by atoms with Crippen LogP contribution in [0, 0.1) is 6.92 Å². The predicted molar refractivity (Wildman–Crippen MR) is 63.2 cm³/mol. The number of benzene rings is 1. The van der Waals surface area contributed by atoms with E-state index in [1.54, 1.807) is 14.2 Å². The van der Waals surface area contributed by atoms with Gasteiger partial charge in [0.15, 0.2) is 11.5 Å². The molecule has 0 amide bonds.